The molecule has 2 atom stereocenters. The first-order valence-electron chi connectivity index (χ1n) is 10.5. The summed E-state index contributed by atoms with van der Waals surface area (Å²) in [7, 11) is 0. The highest BCUT2D eigenvalue weighted by Gasteiger charge is 2.24. The maximum atomic E-state index is 13.0. The Morgan fingerprint density at radius 1 is 0.828 bits per heavy atom. The molecule has 3 heteroatoms. The van der Waals surface area contributed by atoms with Crippen LogP contribution in [0, 0.1) is 11.8 Å². The molecule has 2 aromatic carbocycles. The van der Waals surface area contributed by atoms with Gasteiger partial charge in [0.15, 0.2) is 5.78 Å². The zero-order chi connectivity index (χ0) is 20.1. The predicted molar refractivity (Wildman–Crippen MR) is 116 cm³/mol. The van der Waals surface area contributed by atoms with E-state index in [-0.39, 0.29) is 11.7 Å². The Balaban J connectivity index is 1.49. The molecule has 1 heterocycles. The summed E-state index contributed by atoms with van der Waals surface area (Å²) in [5.41, 5.74) is 2.39. The van der Waals surface area contributed by atoms with Gasteiger partial charge in [-0.25, -0.2) is 4.98 Å². The van der Waals surface area contributed by atoms with Crippen molar-refractivity contribution in [3.8, 4) is 22.8 Å². The van der Waals surface area contributed by atoms with E-state index < -0.39 is 0 Å². The second-order valence-electron chi connectivity index (χ2n) is 8.02. The summed E-state index contributed by atoms with van der Waals surface area (Å²) in [6.45, 7) is 2.29. The second-order valence-corrected chi connectivity index (χ2v) is 8.02. The van der Waals surface area contributed by atoms with Crippen LogP contribution < -0.4 is 4.74 Å². The van der Waals surface area contributed by atoms with Crippen molar-refractivity contribution in [2.24, 2.45) is 11.8 Å². The van der Waals surface area contributed by atoms with Gasteiger partial charge in [0.1, 0.15) is 17.2 Å². The van der Waals surface area contributed by atoms with Gasteiger partial charge in [0.05, 0.1) is 5.69 Å². The average molecular weight is 386 g/mol. The van der Waals surface area contributed by atoms with Crippen molar-refractivity contribution in [3.63, 3.8) is 0 Å². The Bertz CT molecular complexity index is 950. The minimum Gasteiger partial charge on any atom is -0.457 e. The van der Waals surface area contributed by atoms with E-state index in [0.717, 1.165) is 54.4 Å². The van der Waals surface area contributed by atoms with Crippen LogP contribution in [0.25, 0.3) is 11.3 Å². The van der Waals surface area contributed by atoms with Gasteiger partial charge >= 0.3 is 0 Å². The Kier molecular flexibility index (Phi) is 6.04. The lowest BCUT2D eigenvalue weighted by Crippen LogP contribution is -2.15. The summed E-state index contributed by atoms with van der Waals surface area (Å²) in [6.07, 6.45) is 5.48. The molecule has 0 aliphatic heterocycles. The summed E-state index contributed by atoms with van der Waals surface area (Å²) in [6, 6.07) is 23.3. The molecule has 0 radical (unpaired) electrons. The summed E-state index contributed by atoms with van der Waals surface area (Å²) < 4.78 is 5.86. The molecule has 1 aliphatic rings. The molecular formula is C26H27NO2. The van der Waals surface area contributed by atoms with Crippen molar-refractivity contribution in [3.05, 3.63) is 78.5 Å². The fraction of sp³-hybridized carbons (Fsp3) is 0.308. The lowest BCUT2D eigenvalue weighted by molar-refractivity contribution is 0.0902. The van der Waals surface area contributed by atoms with Gasteiger partial charge in [0, 0.05) is 11.5 Å². The summed E-state index contributed by atoms with van der Waals surface area (Å²) in [5, 5.41) is 0. The van der Waals surface area contributed by atoms with Crippen molar-refractivity contribution >= 4 is 5.78 Å². The number of Topliss-reactive ketones (excluding diaryl/α,β-unsaturated/α-hetero) is 1. The van der Waals surface area contributed by atoms with Gasteiger partial charge < -0.3 is 4.74 Å². The number of rotatable bonds is 5. The van der Waals surface area contributed by atoms with E-state index in [1.54, 1.807) is 0 Å². The number of ether oxygens (including phenoxy) is 1. The molecule has 1 aliphatic carbocycles. The van der Waals surface area contributed by atoms with Crippen LogP contribution >= 0.6 is 0 Å². The third kappa shape index (κ3) is 4.92. The molecule has 148 valence electrons. The molecule has 1 saturated carbocycles. The largest absolute Gasteiger partial charge is 0.457 e. The highest BCUT2D eigenvalue weighted by molar-refractivity contribution is 5.96. The van der Waals surface area contributed by atoms with Gasteiger partial charge in [-0.1, -0.05) is 50.5 Å². The number of pyridine rings is 1. The molecule has 3 nitrogen and oxygen atoms in total. The van der Waals surface area contributed by atoms with E-state index >= 15 is 0 Å². The molecule has 1 aromatic heterocycles. The van der Waals surface area contributed by atoms with E-state index in [1.165, 1.54) is 6.42 Å². The van der Waals surface area contributed by atoms with Crippen LogP contribution in [0.4, 0.5) is 0 Å². The van der Waals surface area contributed by atoms with Crippen molar-refractivity contribution in [1.82, 2.24) is 4.98 Å². The van der Waals surface area contributed by atoms with Crippen molar-refractivity contribution in [1.29, 1.82) is 0 Å². The van der Waals surface area contributed by atoms with Gasteiger partial charge in [-0.2, -0.15) is 0 Å². The Morgan fingerprint density at radius 3 is 2.38 bits per heavy atom. The molecule has 0 bridgehead atoms. The third-order valence-electron chi connectivity index (χ3n) is 5.76. The van der Waals surface area contributed by atoms with Gasteiger partial charge in [0.25, 0.3) is 0 Å². The fourth-order valence-corrected chi connectivity index (χ4v) is 4.01. The minimum atomic E-state index is 0.115. The highest BCUT2D eigenvalue weighted by atomic mass is 16.5. The normalized spacial score (nSPS) is 19.3. The monoisotopic (exact) mass is 385 g/mol. The zero-order valence-corrected chi connectivity index (χ0v) is 16.9. The zero-order valence-electron chi connectivity index (χ0n) is 16.9. The van der Waals surface area contributed by atoms with Crippen LogP contribution in [0.15, 0.2) is 72.8 Å². The molecule has 2 unspecified atom stereocenters. The third-order valence-corrected chi connectivity index (χ3v) is 5.76. The number of nitrogens with zero attached hydrogens (tertiary/aromatic N) is 1. The van der Waals surface area contributed by atoms with E-state index in [9.17, 15) is 4.79 Å². The first kappa shape index (κ1) is 19.4. The molecule has 0 N–H and O–H groups in total. The number of carbonyl (C=O) groups excluding carboxylic acids is 1. The lowest BCUT2D eigenvalue weighted by atomic mass is 9.92. The Hall–Kier alpha value is -2.94. The SMILES string of the molecule is CC1CCCC(C(=O)c2cccc(-c3ccc(Oc4ccccc4)cc3)n2)CC1. The molecule has 1 fully saturated rings. The number of ketones is 1. The van der Waals surface area contributed by atoms with Gasteiger partial charge in [0.2, 0.25) is 0 Å². The smallest absolute Gasteiger partial charge is 0.184 e. The Labute approximate surface area is 172 Å². The maximum Gasteiger partial charge on any atom is 0.184 e. The summed E-state index contributed by atoms with van der Waals surface area (Å²) >= 11 is 0. The number of carbonyl (C=O) groups is 1. The van der Waals surface area contributed by atoms with Gasteiger partial charge in [-0.3, -0.25) is 4.79 Å². The van der Waals surface area contributed by atoms with Crippen LogP contribution in [0.2, 0.25) is 0 Å². The Morgan fingerprint density at radius 2 is 1.59 bits per heavy atom. The topological polar surface area (TPSA) is 39.2 Å². The number of para-hydroxylation sites is 1. The van der Waals surface area contributed by atoms with Crippen LogP contribution in [-0.4, -0.2) is 10.8 Å². The second kappa shape index (κ2) is 9.04. The molecule has 0 saturated heterocycles. The molecule has 29 heavy (non-hydrogen) atoms. The maximum absolute atomic E-state index is 13.0. The van der Waals surface area contributed by atoms with Gasteiger partial charge in [-0.15, -0.1) is 0 Å². The molecule has 4 rings (SSSR count). The van der Waals surface area contributed by atoms with Crippen molar-refractivity contribution < 1.29 is 9.53 Å². The average Bonchev–Trinajstić information content (AvgIpc) is 2.99. The standard InChI is InChI=1S/C26H27NO2/c1-19-7-5-8-21(14-13-19)26(28)25-12-6-11-24(27-25)20-15-17-23(18-16-20)29-22-9-3-2-4-10-22/h2-4,6,9-12,15-19,21H,5,7-8,13-14H2,1H3. The van der Waals surface area contributed by atoms with Gasteiger partial charge in [-0.05, 0) is 67.3 Å². The first-order valence-corrected chi connectivity index (χ1v) is 10.5. The molecule has 3 aromatic rings. The quantitative estimate of drug-likeness (QED) is 0.353. The summed E-state index contributed by atoms with van der Waals surface area (Å²) in [4.78, 5) is 17.7. The number of hydrogen-bond donors (Lipinski definition) is 0. The number of benzene rings is 2. The van der Waals surface area contributed by atoms with Crippen LogP contribution in [0.3, 0.4) is 0 Å². The highest BCUT2D eigenvalue weighted by Crippen LogP contribution is 2.30. The van der Waals surface area contributed by atoms with E-state index in [2.05, 4.69) is 6.92 Å². The van der Waals surface area contributed by atoms with Crippen molar-refractivity contribution in [2.75, 3.05) is 0 Å². The molecular weight excluding hydrogens is 358 g/mol. The molecule has 0 amide bonds. The molecule has 0 spiro atoms. The number of hydrogen-bond acceptors (Lipinski definition) is 3. The van der Waals surface area contributed by atoms with E-state index in [1.807, 2.05) is 72.8 Å². The predicted octanol–water partition coefficient (Wildman–Crippen LogP) is 6.94. The van der Waals surface area contributed by atoms with E-state index in [0.29, 0.717) is 5.69 Å². The summed E-state index contributed by atoms with van der Waals surface area (Å²) in [5.74, 6) is 2.63. The van der Waals surface area contributed by atoms with E-state index in [4.69, 9.17) is 9.72 Å². The number of aromatic nitrogens is 1. The van der Waals surface area contributed by atoms with Crippen molar-refractivity contribution in [2.45, 2.75) is 39.0 Å². The lowest BCUT2D eigenvalue weighted by Gasteiger charge is -2.13. The van der Waals surface area contributed by atoms with Crippen LogP contribution in [-0.2, 0) is 0 Å². The fourth-order valence-electron chi connectivity index (χ4n) is 4.01. The van der Waals surface area contributed by atoms with Crippen LogP contribution in [0.5, 0.6) is 11.5 Å². The first-order chi connectivity index (χ1) is 14.2. The minimum absolute atomic E-state index is 0.115. The van der Waals surface area contributed by atoms with Crippen LogP contribution in [0.1, 0.15) is 49.5 Å².